The molecule has 22 heavy (non-hydrogen) atoms. The average Bonchev–Trinajstić information content (AvgIpc) is 2.95. The van der Waals surface area contributed by atoms with E-state index in [1.165, 1.54) is 0 Å². The van der Waals surface area contributed by atoms with E-state index >= 15 is 0 Å². The van der Waals surface area contributed by atoms with E-state index < -0.39 is 5.76 Å². The van der Waals surface area contributed by atoms with Crippen LogP contribution in [0.5, 0.6) is 0 Å². The summed E-state index contributed by atoms with van der Waals surface area (Å²) in [5, 5.41) is 6.21. The molecule has 1 fully saturated rings. The Balaban J connectivity index is 1.75. The molecule has 2 rings (SSSR count). The molecule has 1 saturated heterocycles. The van der Waals surface area contributed by atoms with Gasteiger partial charge in [-0.05, 0) is 31.0 Å². The summed E-state index contributed by atoms with van der Waals surface area (Å²) in [5.41, 5.74) is 1.05. The molecular formula is C15H21F2N3OS. The number of rotatable bonds is 6. The number of thioether (sulfide) groups is 1. The summed E-state index contributed by atoms with van der Waals surface area (Å²) >= 11 is 0.554. The Hall–Kier alpha value is -1.34. The third kappa shape index (κ3) is 5.14. The number of alkyl halides is 2. The summed E-state index contributed by atoms with van der Waals surface area (Å²) < 4.78 is 24.5. The van der Waals surface area contributed by atoms with Gasteiger partial charge >= 0.3 is 6.03 Å². The van der Waals surface area contributed by atoms with Crippen LogP contribution < -0.4 is 10.6 Å². The molecule has 0 aliphatic carbocycles. The number of carbonyl (C=O) groups excluding carboxylic acids is 1. The van der Waals surface area contributed by atoms with Crippen molar-refractivity contribution in [2.75, 3.05) is 19.6 Å². The SMILES string of the molecule is CCNC(=O)N1CCC(NCc2ccc(SC(F)F)cc2)C1. The zero-order chi connectivity index (χ0) is 15.9. The van der Waals surface area contributed by atoms with Gasteiger partial charge in [0.1, 0.15) is 0 Å². The fourth-order valence-corrected chi connectivity index (χ4v) is 2.92. The predicted molar refractivity (Wildman–Crippen MR) is 84.2 cm³/mol. The number of hydrogen-bond acceptors (Lipinski definition) is 3. The summed E-state index contributed by atoms with van der Waals surface area (Å²) in [6.07, 6.45) is 0.927. The first kappa shape index (κ1) is 17.0. The van der Waals surface area contributed by atoms with Gasteiger partial charge in [0.25, 0.3) is 5.76 Å². The lowest BCUT2D eigenvalue weighted by Gasteiger charge is -2.17. The molecule has 2 N–H and O–H groups in total. The zero-order valence-corrected chi connectivity index (χ0v) is 13.3. The number of halogens is 2. The highest BCUT2D eigenvalue weighted by molar-refractivity contribution is 7.99. The van der Waals surface area contributed by atoms with Crippen LogP contribution in [0.25, 0.3) is 0 Å². The van der Waals surface area contributed by atoms with Crippen LogP contribution in [-0.4, -0.2) is 42.4 Å². The van der Waals surface area contributed by atoms with Gasteiger partial charge < -0.3 is 15.5 Å². The topological polar surface area (TPSA) is 44.4 Å². The maximum atomic E-state index is 12.2. The second-order valence-corrected chi connectivity index (χ2v) is 6.23. The van der Waals surface area contributed by atoms with Crippen molar-refractivity contribution in [3.05, 3.63) is 29.8 Å². The Labute approximate surface area is 133 Å². The molecule has 0 saturated carbocycles. The summed E-state index contributed by atoms with van der Waals surface area (Å²) in [7, 11) is 0. The monoisotopic (exact) mass is 329 g/mol. The van der Waals surface area contributed by atoms with Gasteiger partial charge in [-0.15, -0.1) is 0 Å². The fraction of sp³-hybridized carbons (Fsp3) is 0.533. The Bertz CT molecular complexity index is 484. The van der Waals surface area contributed by atoms with Crippen molar-refractivity contribution < 1.29 is 13.6 Å². The second-order valence-electron chi connectivity index (χ2n) is 5.17. The third-order valence-corrected chi connectivity index (χ3v) is 4.27. The minimum Gasteiger partial charge on any atom is -0.338 e. The molecule has 0 aromatic heterocycles. The van der Waals surface area contributed by atoms with E-state index in [1.54, 1.807) is 12.1 Å². The quantitative estimate of drug-likeness (QED) is 0.789. The van der Waals surface area contributed by atoms with Gasteiger partial charge in [0.15, 0.2) is 0 Å². The van der Waals surface area contributed by atoms with Crippen molar-refractivity contribution in [3.63, 3.8) is 0 Å². The molecule has 0 radical (unpaired) electrons. The normalized spacial score (nSPS) is 18.0. The van der Waals surface area contributed by atoms with Gasteiger partial charge in [0, 0.05) is 37.1 Å². The summed E-state index contributed by atoms with van der Waals surface area (Å²) in [6.45, 7) is 4.67. The van der Waals surface area contributed by atoms with Gasteiger partial charge in [0.05, 0.1) is 0 Å². The van der Waals surface area contributed by atoms with Crippen LogP contribution in [0.3, 0.4) is 0 Å². The van der Waals surface area contributed by atoms with E-state index in [0.29, 0.717) is 36.3 Å². The molecule has 1 aromatic rings. The number of nitrogens with zero attached hydrogens (tertiary/aromatic N) is 1. The number of urea groups is 1. The molecule has 1 atom stereocenters. The van der Waals surface area contributed by atoms with E-state index in [-0.39, 0.29) is 12.1 Å². The maximum Gasteiger partial charge on any atom is 0.317 e. The Kier molecular flexibility index (Phi) is 6.45. The highest BCUT2D eigenvalue weighted by atomic mass is 32.2. The first-order valence-corrected chi connectivity index (χ1v) is 8.26. The Morgan fingerprint density at radius 3 is 2.77 bits per heavy atom. The van der Waals surface area contributed by atoms with Crippen molar-refractivity contribution in [3.8, 4) is 0 Å². The fourth-order valence-electron chi connectivity index (χ4n) is 2.43. The number of amides is 2. The standard InChI is InChI=1S/C15H21F2N3OS/c1-2-18-15(21)20-8-7-12(10-20)19-9-11-3-5-13(6-4-11)22-14(16)17/h3-6,12,14,19H,2,7-10H2,1H3,(H,18,21). The maximum absolute atomic E-state index is 12.2. The van der Waals surface area contributed by atoms with Crippen LogP contribution in [0.4, 0.5) is 13.6 Å². The van der Waals surface area contributed by atoms with Crippen LogP contribution in [0, 0.1) is 0 Å². The first-order chi connectivity index (χ1) is 10.6. The van der Waals surface area contributed by atoms with E-state index in [0.717, 1.165) is 18.5 Å². The number of hydrogen-bond donors (Lipinski definition) is 2. The highest BCUT2D eigenvalue weighted by Gasteiger charge is 2.25. The lowest BCUT2D eigenvalue weighted by Crippen LogP contribution is -2.40. The summed E-state index contributed by atoms with van der Waals surface area (Å²) in [5.74, 6) is -2.39. The molecule has 1 aromatic carbocycles. The van der Waals surface area contributed by atoms with Crippen molar-refractivity contribution in [2.45, 2.75) is 36.6 Å². The Morgan fingerprint density at radius 1 is 1.41 bits per heavy atom. The van der Waals surface area contributed by atoms with Crippen LogP contribution in [0.15, 0.2) is 29.2 Å². The van der Waals surface area contributed by atoms with Crippen molar-refractivity contribution in [2.24, 2.45) is 0 Å². The largest absolute Gasteiger partial charge is 0.338 e. The van der Waals surface area contributed by atoms with Gasteiger partial charge in [-0.1, -0.05) is 23.9 Å². The zero-order valence-electron chi connectivity index (χ0n) is 12.5. The highest BCUT2D eigenvalue weighted by Crippen LogP contribution is 2.25. The van der Waals surface area contributed by atoms with Gasteiger partial charge in [-0.2, -0.15) is 8.78 Å². The van der Waals surface area contributed by atoms with Gasteiger partial charge in [-0.25, -0.2) is 4.79 Å². The van der Waals surface area contributed by atoms with E-state index in [9.17, 15) is 13.6 Å². The van der Waals surface area contributed by atoms with Gasteiger partial charge in [0.2, 0.25) is 0 Å². The van der Waals surface area contributed by atoms with Crippen molar-refractivity contribution in [1.82, 2.24) is 15.5 Å². The minimum atomic E-state index is -2.39. The average molecular weight is 329 g/mol. The molecule has 122 valence electrons. The smallest absolute Gasteiger partial charge is 0.317 e. The van der Waals surface area contributed by atoms with Crippen LogP contribution in [-0.2, 0) is 6.54 Å². The minimum absolute atomic E-state index is 0.0137. The van der Waals surface area contributed by atoms with Crippen LogP contribution in [0.2, 0.25) is 0 Å². The number of nitrogens with one attached hydrogen (secondary N) is 2. The number of carbonyl (C=O) groups is 1. The van der Waals surface area contributed by atoms with Crippen molar-refractivity contribution >= 4 is 17.8 Å². The molecular weight excluding hydrogens is 308 g/mol. The lowest BCUT2D eigenvalue weighted by molar-refractivity contribution is 0.208. The van der Waals surface area contributed by atoms with Gasteiger partial charge in [-0.3, -0.25) is 0 Å². The molecule has 4 nitrogen and oxygen atoms in total. The molecule has 0 bridgehead atoms. The van der Waals surface area contributed by atoms with Crippen LogP contribution >= 0.6 is 11.8 Å². The molecule has 1 aliphatic rings. The molecule has 0 spiro atoms. The molecule has 7 heteroatoms. The second kappa shape index (κ2) is 8.33. The van der Waals surface area contributed by atoms with E-state index in [2.05, 4.69) is 10.6 Å². The Morgan fingerprint density at radius 2 is 2.14 bits per heavy atom. The lowest BCUT2D eigenvalue weighted by atomic mass is 10.2. The number of benzene rings is 1. The molecule has 1 aliphatic heterocycles. The molecule has 2 amide bonds. The summed E-state index contributed by atoms with van der Waals surface area (Å²) in [6, 6.07) is 7.40. The first-order valence-electron chi connectivity index (χ1n) is 7.38. The molecule has 1 heterocycles. The number of likely N-dealkylation sites (tertiary alicyclic amines) is 1. The predicted octanol–water partition coefficient (Wildman–Crippen LogP) is 2.89. The van der Waals surface area contributed by atoms with Crippen LogP contribution in [0.1, 0.15) is 18.9 Å². The van der Waals surface area contributed by atoms with E-state index in [1.807, 2.05) is 24.0 Å². The molecule has 1 unspecified atom stereocenters. The van der Waals surface area contributed by atoms with Crippen molar-refractivity contribution in [1.29, 1.82) is 0 Å². The summed E-state index contributed by atoms with van der Waals surface area (Å²) in [4.78, 5) is 14.1. The van der Waals surface area contributed by atoms with E-state index in [4.69, 9.17) is 0 Å². The third-order valence-electron chi connectivity index (χ3n) is 3.55.